The standard InChI is InChI=1S/C41H24N4O/c1-2-11-27(12-3-1)39-42-40(28-21-23-36-32(24-28)30-16-6-7-19-35(30)46-36)44-41(43-39)45-33-18-9-14-26-13-8-17-31(37(26)33)38-29-15-5-4-10-25(29)20-22-34(38)45/h1-24H. The predicted octanol–water partition coefficient (Wildman–Crippen LogP) is 10.9. The van der Waals surface area contributed by atoms with Crippen molar-refractivity contribution in [3.63, 3.8) is 0 Å². The van der Waals surface area contributed by atoms with Gasteiger partial charge in [0.15, 0.2) is 11.6 Å². The van der Waals surface area contributed by atoms with Crippen molar-refractivity contribution in [2.75, 3.05) is 4.90 Å². The molecule has 1 aliphatic rings. The van der Waals surface area contributed by atoms with Crippen molar-refractivity contribution < 1.29 is 4.42 Å². The molecule has 214 valence electrons. The molecule has 0 unspecified atom stereocenters. The van der Waals surface area contributed by atoms with Crippen molar-refractivity contribution in [3.05, 3.63) is 146 Å². The van der Waals surface area contributed by atoms with Crippen molar-refractivity contribution in [2.24, 2.45) is 0 Å². The Labute approximate surface area is 264 Å². The highest BCUT2D eigenvalue weighted by atomic mass is 16.3. The normalized spacial score (nSPS) is 12.3. The maximum absolute atomic E-state index is 6.13. The molecule has 10 rings (SSSR count). The molecule has 5 heteroatoms. The third-order valence-corrected chi connectivity index (χ3v) is 9.03. The van der Waals surface area contributed by atoms with E-state index in [1.165, 1.54) is 32.7 Å². The Kier molecular flexibility index (Phi) is 5.22. The van der Waals surface area contributed by atoms with E-state index in [1.807, 2.05) is 60.7 Å². The molecule has 46 heavy (non-hydrogen) atoms. The minimum Gasteiger partial charge on any atom is -0.456 e. The average Bonchev–Trinajstić information content (AvgIpc) is 3.50. The fourth-order valence-electron chi connectivity index (χ4n) is 6.97. The number of aromatic nitrogens is 3. The second kappa shape index (κ2) is 9.58. The summed E-state index contributed by atoms with van der Waals surface area (Å²) in [4.78, 5) is 17.7. The lowest BCUT2D eigenvalue weighted by atomic mass is 9.88. The monoisotopic (exact) mass is 588 g/mol. The number of fused-ring (bicyclic) bond motifs is 7. The smallest absolute Gasteiger partial charge is 0.238 e. The molecule has 1 aliphatic heterocycles. The number of hydrogen-bond donors (Lipinski definition) is 0. The summed E-state index contributed by atoms with van der Waals surface area (Å²) in [6.45, 7) is 0. The summed E-state index contributed by atoms with van der Waals surface area (Å²) in [5, 5.41) is 6.85. The van der Waals surface area contributed by atoms with Crippen LogP contribution in [0.2, 0.25) is 0 Å². The molecule has 0 saturated heterocycles. The van der Waals surface area contributed by atoms with Crippen molar-refractivity contribution in [1.82, 2.24) is 15.0 Å². The number of anilines is 3. The van der Waals surface area contributed by atoms with Gasteiger partial charge in [-0.2, -0.15) is 9.97 Å². The molecule has 0 bridgehead atoms. The Bertz CT molecular complexity index is 2650. The first-order valence-corrected chi connectivity index (χ1v) is 15.4. The molecule has 9 aromatic rings. The highest BCUT2D eigenvalue weighted by Crippen LogP contribution is 2.52. The molecule has 7 aromatic carbocycles. The van der Waals surface area contributed by atoms with E-state index in [1.54, 1.807) is 0 Å². The third-order valence-electron chi connectivity index (χ3n) is 9.03. The van der Waals surface area contributed by atoms with Crippen LogP contribution in [0, 0.1) is 0 Å². The summed E-state index contributed by atoms with van der Waals surface area (Å²) in [6, 6.07) is 50.4. The third kappa shape index (κ3) is 3.66. The van der Waals surface area contributed by atoms with Crippen LogP contribution in [-0.4, -0.2) is 15.0 Å². The zero-order valence-electron chi connectivity index (χ0n) is 24.6. The van der Waals surface area contributed by atoms with E-state index in [-0.39, 0.29) is 0 Å². The summed E-state index contributed by atoms with van der Waals surface area (Å²) in [7, 11) is 0. The van der Waals surface area contributed by atoms with Gasteiger partial charge >= 0.3 is 0 Å². The van der Waals surface area contributed by atoms with Gasteiger partial charge in [-0.3, -0.25) is 4.90 Å². The van der Waals surface area contributed by atoms with E-state index in [0.717, 1.165) is 44.4 Å². The minimum atomic E-state index is 0.569. The van der Waals surface area contributed by atoms with Gasteiger partial charge in [0, 0.05) is 32.8 Å². The first kappa shape index (κ1) is 25.0. The van der Waals surface area contributed by atoms with E-state index in [9.17, 15) is 0 Å². The largest absolute Gasteiger partial charge is 0.456 e. The molecule has 0 N–H and O–H groups in total. The summed E-state index contributed by atoms with van der Waals surface area (Å²) in [5.74, 6) is 1.79. The Morgan fingerprint density at radius 1 is 0.457 bits per heavy atom. The summed E-state index contributed by atoms with van der Waals surface area (Å²) < 4.78 is 6.13. The van der Waals surface area contributed by atoms with Crippen LogP contribution in [0.4, 0.5) is 17.3 Å². The van der Waals surface area contributed by atoms with E-state index >= 15 is 0 Å². The Balaban J connectivity index is 1.28. The van der Waals surface area contributed by atoms with Crippen LogP contribution in [0.5, 0.6) is 0 Å². The lowest BCUT2D eigenvalue weighted by Crippen LogP contribution is -2.19. The Morgan fingerprint density at radius 3 is 2.07 bits per heavy atom. The first-order valence-electron chi connectivity index (χ1n) is 15.4. The van der Waals surface area contributed by atoms with Gasteiger partial charge in [-0.05, 0) is 58.1 Å². The molecular weight excluding hydrogens is 564 g/mol. The molecule has 0 radical (unpaired) electrons. The Morgan fingerprint density at radius 2 is 1.17 bits per heavy atom. The molecule has 3 heterocycles. The molecule has 2 aromatic heterocycles. The van der Waals surface area contributed by atoms with E-state index in [2.05, 4.69) is 89.8 Å². The van der Waals surface area contributed by atoms with Gasteiger partial charge in [-0.1, -0.05) is 109 Å². The summed E-state index contributed by atoms with van der Waals surface area (Å²) in [6.07, 6.45) is 0. The number of furan rings is 1. The Hall–Kier alpha value is -6.33. The molecular formula is C41H24N4O. The highest BCUT2D eigenvalue weighted by Gasteiger charge is 2.30. The number of benzene rings is 7. The van der Waals surface area contributed by atoms with Gasteiger partial charge in [0.1, 0.15) is 11.2 Å². The number of para-hydroxylation sites is 1. The van der Waals surface area contributed by atoms with E-state index in [0.29, 0.717) is 17.6 Å². The van der Waals surface area contributed by atoms with Gasteiger partial charge in [-0.25, -0.2) is 4.98 Å². The zero-order valence-corrected chi connectivity index (χ0v) is 24.6. The minimum absolute atomic E-state index is 0.569. The molecule has 0 saturated carbocycles. The fourth-order valence-corrected chi connectivity index (χ4v) is 6.97. The molecule has 0 aliphatic carbocycles. The average molecular weight is 589 g/mol. The maximum atomic E-state index is 6.13. The summed E-state index contributed by atoms with van der Waals surface area (Å²) in [5.41, 5.74) is 8.00. The van der Waals surface area contributed by atoms with E-state index < -0.39 is 0 Å². The highest BCUT2D eigenvalue weighted by molar-refractivity contribution is 6.19. The maximum Gasteiger partial charge on any atom is 0.238 e. The summed E-state index contributed by atoms with van der Waals surface area (Å²) >= 11 is 0. The van der Waals surface area contributed by atoms with E-state index in [4.69, 9.17) is 19.4 Å². The van der Waals surface area contributed by atoms with Crippen LogP contribution in [0.15, 0.2) is 150 Å². The fraction of sp³-hybridized carbons (Fsp3) is 0. The van der Waals surface area contributed by atoms with Gasteiger partial charge in [-0.15, -0.1) is 0 Å². The molecule has 5 nitrogen and oxygen atoms in total. The van der Waals surface area contributed by atoms with Crippen molar-refractivity contribution in [2.45, 2.75) is 0 Å². The van der Waals surface area contributed by atoms with Crippen molar-refractivity contribution in [1.29, 1.82) is 0 Å². The van der Waals surface area contributed by atoms with Gasteiger partial charge in [0.25, 0.3) is 0 Å². The van der Waals surface area contributed by atoms with Crippen LogP contribution < -0.4 is 4.90 Å². The molecule has 0 atom stereocenters. The van der Waals surface area contributed by atoms with Gasteiger partial charge in [0.05, 0.1) is 11.4 Å². The number of hydrogen-bond acceptors (Lipinski definition) is 5. The predicted molar refractivity (Wildman–Crippen MR) is 187 cm³/mol. The molecule has 0 amide bonds. The molecule has 0 fully saturated rings. The second-order valence-corrected chi connectivity index (χ2v) is 11.7. The number of rotatable bonds is 3. The second-order valence-electron chi connectivity index (χ2n) is 11.7. The van der Waals surface area contributed by atoms with Crippen LogP contribution >= 0.6 is 0 Å². The van der Waals surface area contributed by atoms with Crippen LogP contribution in [0.25, 0.3) is 77.4 Å². The molecule has 0 spiro atoms. The zero-order chi connectivity index (χ0) is 30.2. The van der Waals surface area contributed by atoms with Crippen molar-refractivity contribution in [3.8, 4) is 33.9 Å². The topological polar surface area (TPSA) is 55.1 Å². The first-order chi connectivity index (χ1) is 22.8. The van der Waals surface area contributed by atoms with Crippen LogP contribution in [-0.2, 0) is 0 Å². The van der Waals surface area contributed by atoms with Crippen molar-refractivity contribution >= 4 is 60.8 Å². The SMILES string of the molecule is c1ccc(-c2nc(-c3ccc4oc5ccccc5c4c3)nc(N3c4ccc5ccccc5c4-c4cccc5cccc3c45)n2)cc1. The van der Waals surface area contributed by atoms with Crippen LogP contribution in [0.1, 0.15) is 0 Å². The van der Waals surface area contributed by atoms with Gasteiger partial charge in [0.2, 0.25) is 5.95 Å². The van der Waals surface area contributed by atoms with Gasteiger partial charge < -0.3 is 4.42 Å². The lowest BCUT2D eigenvalue weighted by molar-refractivity contribution is 0.669. The van der Waals surface area contributed by atoms with Crippen LogP contribution in [0.3, 0.4) is 0 Å². The number of nitrogens with zero attached hydrogens (tertiary/aromatic N) is 4. The lowest BCUT2D eigenvalue weighted by Gasteiger charge is -2.32. The quantitative estimate of drug-likeness (QED) is 0.205.